The van der Waals surface area contributed by atoms with Gasteiger partial charge in [-0.25, -0.2) is 4.79 Å². The number of rotatable bonds is 3. The number of hydrogen-bond acceptors (Lipinski definition) is 3. The van der Waals surface area contributed by atoms with Crippen LogP contribution in [0.2, 0.25) is 0 Å². The number of carbonyl (C=O) groups excluding carboxylic acids is 1. The van der Waals surface area contributed by atoms with E-state index in [1.165, 1.54) is 0 Å². The highest BCUT2D eigenvalue weighted by molar-refractivity contribution is 5.79. The highest BCUT2D eigenvalue weighted by Crippen LogP contribution is 2.32. The molecule has 1 amide bonds. The summed E-state index contributed by atoms with van der Waals surface area (Å²) in [5.74, 6) is -1.58. The standard InChI is InChI=1S/C19H25NO4/c1-12-6-5-7-13(10-12)14-8-9-16(15(11-14)17(21)22)20-18(23)24-19(2,3)4/h5-8,10,15-16H,9,11H2,1-4H3,(H,20,23)(H,21,22)/t15-,16-/m0/s1. The molecule has 24 heavy (non-hydrogen) atoms. The van der Waals surface area contributed by atoms with Crippen molar-refractivity contribution < 1.29 is 19.4 Å². The van der Waals surface area contributed by atoms with Gasteiger partial charge in [0.2, 0.25) is 0 Å². The van der Waals surface area contributed by atoms with Crippen molar-refractivity contribution in [2.75, 3.05) is 0 Å². The molecule has 5 nitrogen and oxygen atoms in total. The molecule has 1 aliphatic carbocycles. The van der Waals surface area contributed by atoms with Crippen LogP contribution in [0.15, 0.2) is 30.3 Å². The molecule has 5 heteroatoms. The minimum Gasteiger partial charge on any atom is -0.481 e. The first-order chi connectivity index (χ1) is 11.2. The summed E-state index contributed by atoms with van der Waals surface area (Å²) < 4.78 is 5.23. The fourth-order valence-corrected chi connectivity index (χ4v) is 2.85. The summed E-state index contributed by atoms with van der Waals surface area (Å²) in [6.45, 7) is 7.34. The van der Waals surface area contributed by atoms with E-state index in [9.17, 15) is 14.7 Å². The largest absolute Gasteiger partial charge is 0.481 e. The quantitative estimate of drug-likeness (QED) is 0.884. The average molecular weight is 331 g/mol. The van der Waals surface area contributed by atoms with Crippen molar-refractivity contribution in [1.82, 2.24) is 5.32 Å². The normalized spacial score (nSPS) is 20.9. The summed E-state index contributed by atoms with van der Waals surface area (Å²) in [4.78, 5) is 23.6. The Morgan fingerprint density at radius 3 is 2.58 bits per heavy atom. The number of amides is 1. The maximum Gasteiger partial charge on any atom is 0.407 e. The molecular weight excluding hydrogens is 306 g/mol. The second kappa shape index (κ2) is 7.07. The van der Waals surface area contributed by atoms with Gasteiger partial charge in [0.15, 0.2) is 0 Å². The smallest absolute Gasteiger partial charge is 0.407 e. The summed E-state index contributed by atoms with van der Waals surface area (Å²) in [5.41, 5.74) is 2.57. The Labute approximate surface area is 142 Å². The molecule has 0 aromatic heterocycles. The van der Waals surface area contributed by atoms with Crippen LogP contribution in [0.3, 0.4) is 0 Å². The molecule has 0 heterocycles. The van der Waals surface area contributed by atoms with Crippen LogP contribution < -0.4 is 5.32 Å². The number of hydrogen-bond donors (Lipinski definition) is 2. The van der Waals surface area contributed by atoms with Crippen LogP contribution in [0, 0.1) is 12.8 Å². The highest BCUT2D eigenvalue weighted by atomic mass is 16.6. The van der Waals surface area contributed by atoms with Crippen LogP contribution in [-0.4, -0.2) is 28.8 Å². The molecule has 2 N–H and O–H groups in total. The molecule has 0 unspecified atom stereocenters. The molecule has 0 saturated heterocycles. The van der Waals surface area contributed by atoms with E-state index in [4.69, 9.17) is 4.74 Å². The van der Waals surface area contributed by atoms with Gasteiger partial charge >= 0.3 is 12.1 Å². The van der Waals surface area contributed by atoms with Gasteiger partial charge in [0.25, 0.3) is 0 Å². The molecule has 0 bridgehead atoms. The lowest BCUT2D eigenvalue weighted by atomic mass is 9.82. The third-order valence-corrected chi connectivity index (χ3v) is 3.95. The van der Waals surface area contributed by atoms with Crippen molar-refractivity contribution in [2.24, 2.45) is 5.92 Å². The van der Waals surface area contributed by atoms with Crippen LogP contribution in [0.5, 0.6) is 0 Å². The maximum atomic E-state index is 11.9. The van der Waals surface area contributed by atoms with Crippen molar-refractivity contribution in [1.29, 1.82) is 0 Å². The second-order valence-corrected chi connectivity index (χ2v) is 7.24. The Morgan fingerprint density at radius 2 is 2.00 bits per heavy atom. The van der Waals surface area contributed by atoms with Crippen LogP contribution in [0.25, 0.3) is 5.57 Å². The zero-order chi connectivity index (χ0) is 17.9. The second-order valence-electron chi connectivity index (χ2n) is 7.24. The van der Waals surface area contributed by atoms with Crippen molar-refractivity contribution in [3.05, 3.63) is 41.5 Å². The Kier molecular flexibility index (Phi) is 5.32. The van der Waals surface area contributed by atoms with E-state index >= 15 is 0 Å². The Bertz CT molecular complexity index is 658. The third-order valence-electron chi connectivity index (χ3n) is 3.95. The zero-order valence-electron chi connectivity index (χ0n) is 14.6. The molecular formula is C19H25NO4. The average Bonchev–Trinajstić information content (AvgIpc) is 2.45. The third kappa shape index (κ3) is 4.85. The van der Waals surface area contributed by atoms with E-state index in [0.29, 0.717) is 12.8 Å². The molecule has 130 valence electrons. The van der Waals surface area contributed by atoms with E-state index in [1.54, 1.807) is 20.8 Å². The first kappa shape index (κ1) is 18.0. The Hall–Kier alpha value is -2.30. The van der Waals surface area contributed by atoms with E-state index in [1.807, 2.05) is 37.3 Å². The summed E-state index contributed by atoms with van der Waals surface area (Å²) in [7, 11) is 0. The number of benzene rings is 1. The molecule has 0 aliphatic heterocycles. The molecule has 1 aromatic carbocycles. The van der Waals surface area contributed by atoms with E-state index < -0.39 is 29.6 Å². The van der Waals surface area contributed by atoms with Crippen LogP contribution in [0.4, 0.5) is 4.79 Å². The van der Waals surface area contributed by atoms with Gasteiger partial charge in [0.1, 0.15) is 5.60 Å². The van der Waals surface area contributed by atoms with Crippen molar-refractivity contribution in [3.8, 4) is 0 Å². The van der Waals surface area contributed by atoms with Gasteiger partial charge < -0.3 is 15.2 Å². The molecule has 0 radical (unpaired) electrons. The van der Waals surface area contributed by atoms with Crippen molar-refractivity contribution in [2.45, 2.75) is 52.2 Å². The number of aliphatic carboxylic acids is 1. The molecule has 1 aromatic rings. The Balaban J connectivity index is 2.14. The zero-order valence-corrected chi connectivity index (χ0v) is 14.6. The lowest BCUT2D eigenvalue weighted by Gasteiger charge is -2.30. The van der Waals surface area contributed by atoms with Crippen LogP contribution in [-0.2, 0) is 9.53 Å². The molecule has 2 atom stereocenters. The first-order valence-corrected chi connectivity index (χ1v) is 8.14. The lowest BCUT2D eigenvalue weighted by molar-refractivity contribution is -0.142. The number of aryl methyl sites for hydroxylation is 1. The molecule has 1 aliphatic rings. The summed E-state index contributed by atoms with van der Waals surface area (Å²) in [6.07, 6.45) is 2.29. The van der Waals surface area contributed by atoms with Gasteiger partial charge in [-0.15, -0.1) is 0 Å². The topological polar surface area (TPSA) is 75.6 Å². The van der Waals surface area contributed by atoms with Gasteiger partial charge in [0, 0.05) is 6.04 Å². The number of carbonyl (C=O) groups is 2. The van der Waals surface area contributed by atoms with E-state index in [0.717, 1.165) is 16.7 Å². The van der Waals surface area contributed by atoms with Crippen molar-refractivity contribution in [3.63, 3.8) is 0 Å². The number of allylic oxidation sites excluding steroid dienone is 1. The molecule has 0 spiro atoms. The number of ether oxygens (including phenoxy) is 1. The summed E-state index contributed by atoms with van der Waals surface area (Å²) >= 11 is 0. The van der Waals surface area contributed by atoms with Gasteiger partial charge in [-0.2, -0.15) is 0 Å². The molecule has 2 rings (SSSR count). The number of carboxylic acid groups (broad SMARTS) is 1. The fourth-order valence-electron chi connectivity index (χ4n) is 2.85. The van der Waals surface area contributed by atoms with Crippen molar-refractivity contribution >= 4 is 17.6 Å². The number of nitrogens with one attached hydrogen (secondary N) is 1. The van der Waals surface area contributed by atoms with Crippen LogP contribution >= 0.6 is 0 Å². The van der Waals surface area contributed by atoms with Gasteiger partial charge in [-0.05, 0) is 51.7 Å². The summed E-state index contributed by atoms with van der Waals surface area (Å²) in [5, 5.41) is 12.3. The van der Waals surface area contributed by atoms with Gasteiger partial charge in [-0.3, -0.25) is 4.79 Å². The minimum absolute atomic E-state index is 0.388. The fraction of sp³-hybridized carbons (Fsp3) is 0.474. The SMILES string of the molecule is Cc1cccc(C2=CC[C@H](NC(=O)OC(C)(C)C)[C@@H](C(=O)O)C2)c1. The monoisotopic (exact) mass is 331 g/mol. The lowest BCUT2D eigenvalue weighted by Crippen LogP contribution is -2.46. The molecule has 0 saturated carbocycles. The maximum absolute atomic E-state index is 11.9. The molecule has 0 fully saturated rings. The first-order valence-electron chi connectivity index (χ1n) is 8.14. The number of alkyl carbamates (subject to hydrolysis) is 1. The van der Waals surface area contributed by atoms with E-state index in [2.05, 4.69) is 5.32 Å². The predicted octanol–water partition coefficient (Wildman–Crippen LogP) is 3.77. The van der Waals surface area contributed by atoms with E-state index in [-0.39, 0.29) is 0 Å². The Morgan fingerprint density at radius 1 is 1.29 bits per heavy atom. The number of carboxylic acids is 1. The van der Waals surface area contributed by atoms with Gasteiger partial charge in [-0.1, -0.05) is 35.9 Å². The predicted molar refractivity (Wildman–Crippen MR) is 92.7 cm³/mol. The van der Waals surface area contributed by atoms with Gasteiger partial charge in [0.05, 0.1) is 5.92 Å². The highest BCUT2D eigenvalue weighted by Gasteiger charge is 2.34. The minimum atomic E-state index is -0.908. The van der Waals surface area contributed by atoms with Crippen LogP contribution in [0.1, 0.15) is 44.7 Å². The summed E-state index contributed by atoms with van der Waals surface area (Å²) in [6, 6.07) is 7.54.